The average molecular weight is 722 g/mol. The van der Waals surface area contributed by atoms with Crippen LogP contribution < -0.4 is 0 Å². The molecule has 1 unspecified atom stereocenters. The number of Topliss-reactive ketones (excluding diaryl/α,β-unsaturated/α-hetero) is 1. The van der Waals surface area contributed by atoms with E-state index in [1.165, 1.54) is 4.88 Å². The Morgan fingerprint density at radius 1 is 0.923 bits per heavy atom. The van der Waals surface area contributed by atoms with E-state index in [4.69, 9.17) is 4.74 Å². The van der Waals surface area contributed by atoms with E-state index in [1.807, 2.05) is 60.7 Å². The zero-order valence-electron chi connectivity index (χ0n) is 30.8. The normalized spacial score (nSPS) is 36.6. The Balaban J connectivity index is 1.10. The van der Waals surface area contributed by atoms with E-state index in [-0.39, 0.29) is 41.2 Å². The van der Waals surface area contributed by atoms with E-state index in [1.54, 1.807) is 11.3 Å². The number of aliphatic hydroxyl groups is 3. The summed E-state index contributed by atoms with van der Waals surface area (Å²) in [6, 6.07) is 24.0. The summed E-state index contributed by atoms with van der Waals surface area (Å²) < 4.78 is 5.96. The number of carbonyl (C=O) groups is 1. The van der Waals surface area contributed by atoms with Gasteiger partial charge in [0.05, 0.1) is 31.0 Å². The molecule has 6 aliphatic carbocycles. The third kappa shape index (κ3) is 5.82. The second kappa shape index (κ2) is 13.7. The largest absolute Gasteiger partial charge is 0.393 e. The molecule has 0 aliphatic heterocycles. The van der Waals surface area contributed by atoms with Crippen LogP contribution in [-0.2, 0) is 17.8 Å². The Labute approximate surface area is 313 Å². The molecule has 1 aromatic heterocycles. The van der Waals surface area contributed by atoms with E-state index >= 15 is 0 Å². The highest BCUT2D eigenvalue weighted by Gasteiger charge is 2.74. The molecule has 9 atom stereocenters. The number of nitrogens with zero attached hydrogens (tertiary/aromatic N) is 1. The minimum Gasteiger partial charge on any atom is -0.393 e. The van der Waals surface area contributed by atoms with Gasteiger partial charge in [0.15, 0.2) is 5.78 Å². The number of ether oxygens (including phenoxy) is 1. The second-order valence-electron chi connectivity index (χ2n) is 17.2. The smallest absolute Gasteiger partial charge is 0.189 e. The molecule has 3 N–H and O–H groups in total. The van der Waals surface area contributed by atoms with E-state index in [0.717, 1.165) is 56.2 Å². The van der Waals surface area contributed by atoms with Crippen LogP contribution in [0.15, 0.2) is 102 Å². The first-order valence-corrected chi connectivity index (χ1v) is 20.4. The molecule has 7 heteroatoms. The summed E-state index contributed by atoms with van der Waals surface area (Å²) in [7, 11) is 0. The SMILES string of the molecule is C[C@]12CC[C@H]3[C@]4(C=C[C@@]5(C=C4C(=O)c4ccccc4)CC(O)CC[C@]35C)[C@@H]1CC[C@@]2(O)CN(CCc1cccs1)C[C@@H](O)COCc1ccccc1. The fourth-order valence-corrected chi connectivity index (χ4v) is 12.6. The molecule has 0 amide bonds. The number of hydrogen-bond donors (Lipinski definition) is 3. The van der Waals surface area contributed by atoms with E-state index < -0.39 is 22.5 Å². The fraction of sp³-hybridized carbons (Fsp3) is 0.533. The molecule has 6 nitrogen and oxygen atoms in total. The van der Waals surface area contributed by atoms with Gasteiger partial charge in [0.1, 0.15) is 0 Å². The molecule has 52 heavy (non-hydrogen) atoms. The van der Waals surface area contributed by atoms with Gasteiger partial charge in [-0.05, 0) is 85.6 Å². The van der Waals surface area contributed by atoms with Gasteiger partial charge in [0.25, 0.3) is 0 Å². The summed E-state index contributed by atoms with van der Waals surface area (Å²) in [6.07, 6.45) is 12.5. The maximum Gasteiger partial charge on any atom is 0.189 e. The van der Waals surface area contributed by atoms with Crippen molar-refractivity contribution in [2.75, 3.05) is 26.2 Å². The maximum absolute atomic E-state index is 14.8. The lowest BCUT2D eigenvalue weighted by Gasteiger charge is -2.71. The molecule has 276 valence electrons. The van der Waals surface area contributed by atoms with Gasteiger partial charge in [-0.2, -0.15) is 0 Å². The lowest BCUT2D eigenvalue weighted by molar-refractivity contribution is -0.177. The first-order chi connectivity index (χ1) is 25.0. The van der Waals surface area contributed by atoms with Crippen LogP contribution >= 0.6 is 11.3 Å². The van der Waals surface area contributed by atoms with Gasteiger partial charge in [-0.15, -0.1) is 11.3 Å². The third-order valence-electron chi connectivity index (χ3n) is 14.6. The van der Waals surface area contributed by atoms with Crippen LogP contribution in [-0.4, -0.2) is 70.1 Å². The van der Waals surface area contributed by atoms with Gasteiger partial charge in [-0.3, -0.25) is 9.69 Å². The molecule has 2 spiro atoms. The highest BCUT2D eigenvalue weighted by atomic mass is 32.1. The molecular weight excluding hydrogens is 667 g/mol. The van der Waals surface area contributed by atoms with Crippen LogP contribution in [0.1, 0.15) is 79.6 Å². The van der Waals surface area contributed by atoms with Crippen LogP contribution in [0.4, 0.5) is 0 Å². The van der Waals surface area contributed by atoms with Crippen LogP contribution in [0.25, 0.3) is 0 Å². The van der Waals surface area contributed by atoms with Gasteiger partial charge in [0.2, 0.25) is 0 Å². The van der Waals surface area contributed by atoms with Crippen LogP contribution in [0, 0.1) is 33.5 Å². The summed E-state index contributed by atoms with van der Waals surface area (Å²) in [5.74, 6) is 0.426. The van der Waals surface area contributed by atoms with Crippen molar-refractivity contribution in [3.63, 3.8) is 0 Å². The molecule has 0 radical (unpaired) electrons. The Morgan fingerprint density at radius 2 is 1.63 bits per heavy atom. The molecule has 2 aromatic carbocycles. The summed E-state index contributed by atoms with van der Waals surface area (Å²) >= 11 is 1.75. The van der Waals surface area contributed by atoms with E-state index in [0.29, 0.717) is 38.1 Å². The molecular formula is C45H55NO5S. The number of carbonyl (C=O) groups excluding carboxylic acids is 1. The van der Waals surface area contributed by atoms with Gasteiger partial charge in [0, 0.05) is 51.9 Å². The molecule has 0 saturated heterocycles. The number of fused-ring (bicyclic) bond motifs is 1. The van der Waals surface area contributed by atoms with Crippen molar-refractivity contribution in [3.05, 3.63) is 118 Å². The predicted octanol–water partition coefficient (Wildman–Crippen LogP) is 7.64. The van der Waals surface area contributed by atoms with Crippen molar-refractivity contribution in [2.24, 2.45) is 33.5 Å². The number of allylic oxidation sites excluding steroid dienone is 4. The van der Waals surface area contributed by atoms with Gasteiger partial charge in [-0.1, -0.05) is 98.8 Å². The molecule has 9 rings (SSSR count). The zero-order chi connectivity index (χ0) is 36.2. The molecule has 1 heterocycles. The zero-order valence-corrected chi connectivity index (χ0v) is 31.6. The summed E-state index contributed by atoms with van der Waals surface area (Å²) in [5, 5.41) is 37.5. The monoisotopic (exact) mass is 721 g/mol. The van der Waals surface area contributed by atoms with E-state index in [9.17, 15) is 20.1 Å². The first kappa shape index (κ1) is 36.1. The topological polar surface area (TPSA) is 90.2 Å². The van der Waals surface area contributed by atoms with Crippen molar-refractivity contribution in [1.29, 1.82) is 0 Å². The Morgan fingerprint density at radius 3 is 2.38 bits per heavy atom. The maximum atomic E-state index is 14.8. The van der Waals surface area contributed by atoms with Crippen molar-refractivity contribution in [2.45, 2.75) is 89.6 Å². The summed E-state index contributed by atoms with van der Waals surface area (Å²) in [5.41, 5.74) is 0.322. The Bertz CT molecular complexity index is 1790. The minimum absolute atomic E-state index is 0.0694. The third-order valence-corrected chi connectivity index (χ3v) is 15.6. The summed E-state index contributed by atoms with van der Waals surface area (Å²) in [4.78, 5) is 18.3. The van der Waals surface area contributed by atoms with Crippen LogP contribution in [0.3, 0.4) is 0 Å². The molecule has 3 aromatic rings. The number of hydrogen-bond acceptors (Lipinski definition) is 7. The Kier molecular flexibility index (Phi) is 9.54. The Hall–Kier alpha value is -2.91. The van der Waals surface area contributed by atoms with Crippen LogP contribution in [0.2, 0.25) is 0 Å². The standard InChI is InChI=1S/C45H55NO5S/c1-41-19-15-34(47)26-43(41)22-23-45(37(27-43)40(49)33-12-7-4-8-13-33)38(41)16-20-42(2)39(45)17-21-44(42,50)31-46(24-18-36-14-9-25-52-36)28-35(48)30-51-29-32-10-5-3-6-11-32/h3-14,22-23,25,27,34-35,38-39,47-48,50H,15-21,24,26,28-31H2,1-2H3/t34?,35-,38-,39-,41-,42+,43+,44-,45-/m1/s1. The fourth-order valence-electron chi connectivity index (χ4n) is 11.9. The molecule has 3 fully saturated rings. The molecule has 2 bridgehead atoms. The van der Waals surface area contributed by atoms with Crippen LogP contribution in [0.5, 0.6) is 0 Å². The quantitative estimate of drug-likeness (QED) is 0.124. The highest BCUT2D eigenvalue weighted by Crippen LogP contribution is 2.78. The van der Waals surface area contributed by atoms with Crippen molar-refractivity contribution >= 4 is 17.1 Å². The van der Waals surface area contributed by atoms with Gasteiger partial charge in [-0.25, -0.2) is 0 Å². The highest BCUT2D eigenvalue weighted by molar-refractivity contribution is 7.09. The van der Waals surface area contributed by atoms with E-state index in [2.05, 4.69) is 54.5 Å². The number of benzene rings is 2. The number of aliphatic hydroxyl groups excluding tert-OH is 2. The predicted molar refractivity (Wildman–Crippen MR) is 206 cm³/mol. The van der Waals surface area contributed by atoms with Gasteiger partial charge >= 0.3 is 0 Å². The molecule has 6 aliphatic rings. The average Bonchev–Trinajstić information content (AvgIpc) is 3.76. The van der Waals surface area contributed by atoms with Crippen molar-refractivity contribution in [1.82, 2.24) is 4.90 Å². The van der Waals surface area contributed by atoms with Crippen molar-refractivity contribution < 1.29 is 24.9 Å². The number of ketones is 1. The number of rotatable bonds is 13. The minimum atomic E-state index is -0.998. The molecule has 3 saturated carbocycles. The first-order valence-electron chi connectivity index (χ1n) is 19.5. The van der Waals surface area contributed by atoms with Gasteiger partial charge < -0.3 is 20.1 Å². The van der Waals surface area contributed by atoms with Crippen molar-refractivity contribution in [3.8, 4) is 0 Å². The second-order valence-corrected chi connectivity index (χ2v) is 18.3. The summed E-state index contributed by atoms with van der Waals surface area (Å²) in [6.45, 7) is 7.01. The number of thiophene rings is 1. The lowest BCUT2D eigenvalue weighted by atomic mass is 9.32. The lowest BCUT2D eigenvalue weighted by Crippen LogP contribution is -2.67.